The average molecular weight is 312 g/mol. The molecular weight excluding hydrogens is 292 g/mol. The van der Waals surface area contributed by atoms with Crippen LogP contribution in [-0.2, 0) is 9.47 Å². The second-order valence-corrected chi connectivity index (χ2v) is 5.72. The highest BCUT2D eigenvalue weighted by atomic mass is 16.6. The van der Waals surface area contributed by atoms with Crippen LogP contribution in [0.1, 0.15) is 35.9 Å². The zero-order valence-electron chi connectivity index (χ0n) is 13.3. The molecule has 1 aromatic heterocycles. The van der Waals surface area contributed by atoms with Crippen LogP contribution in [0.4, 0.5) is 0 Å². The first-order valence-corrected chi connectivity index (χ1v) is 7.67. The Morgan fingerprint density at radius 2 is 2.13 bits per heavy atom. The van der Waals surface area contributed by atoms with Crippen molar-refractivity contribution >= 4 is 5.97 Å². The summed E-state index contributed by atoms with van der Waals surface area (Å²) in [6, 6.07) is 9.98. The second-order valence-electron chi connectivity index (χ2n) is 5.72. The van der Waals surface area contributed by atoms with Crippen LogP contribution in [0.5, 0.6) is 0 Å². The van der Waals surface area contributed by atoms with Gasteiger partial charge in [-0.05, 0) is 25.5 Å². The van der Waals surface area contributed by atoms with E-state index in [9.17, 15) is 4.79 Å². The Bertz CT molecular complexity index is 702. The highest BCUT2D eigenvalue weighted by Crippen LogP contribution is 2.26. The van der Waals surface area contributed by atoms with Gasteiger partial charge in [0.2, 0.25) is 0 Å². The highest BCUT2D eigenvalue weighted by Gasteiger charge is 2.40. The molecule has 120 valence electrons. The Hall–Kier alpha value is -2.40. The van der Waals surface area contributed by atoms with Gasteiger partial charge in [-0.2, -0.15) is 0 Å². The summed E-state index contributed by atoms with van der Waals surface area (Å²) in [6.07, 6.45) is 6.95. The molecule has 2 aromatic rings. The van der Waals surface area contributed by atoms with Gasteiger partial charge in [0, 0.05) is 0 Å². The van der Waals surface area contributed by atoms with Gasteiger partial charge >= 0.3 is 5.97 Å². The molecule has 1 aromatic carbocycles. The van der Waals surface area contributed by atoms with Crippen molar-refractivity contribution in [2.45, 2.75) is 25.5 Å². The molecule has 1 fully saturated rings. The quantitative estimate of drug-likeness (QED) is 0.629. The number of benzene rings is 1. The predicted octanol–water partition coefficient (Wildman–Crippen LogP) is 2.99. The number of nitrogens with zero attached hydrogens (tertiary/aromatic N) is 2. The van der Waals surface area contributed by atoms with E-state index >= 15 is 0 Å². The van der Waals surface area contributed by atoms with E-state index in [0.29, 0.717) is 18.9 Å². The molecule has 1 unspecified atom stereocenters. The van der Waals surface area contributed by atoms with Crippen LogP contribution >= 0.6 is 0 Å². The Balaban J connectivity index is 1.82. The number of carbonyl (C=O) groups excluding carboxylic acids is 1. The van der Waals surface area contributed by atoms with Gasteiger partial charge in [0.25, 0.3) is 0 Å². The topological polar surface area (TPSA) is 53.3 Å². The lowest BCUT2D eigenvalue weighted by atomic mass is 10.0. The highest BCUT2D eigenvalue weighted by molar-refractivity contribution is 5.88. The minimum Gasteiger partial charge on any atom is -0.445 e. The summed E-state index contributed by atoms with van der Waals surface area (Å²) in [6.45, 7) is 4.72. The van der Waals surface area contributed by atoms with Crippen LogP contribution in [0, 0.1) is 0 Å². The third kappa shape index (κ3) is 3.05. The third-order valence-corrected chi connectivity index (χ3v) is 4.03. The van der Waals surface area contributed by atoms with Crippen molar-refractivity contribution in [3.05, 3.63) is 66.3 Å². The number of allylic oxidation sites excluding steroid dienone is 1. The molecule has 5 nitrogen and oxygen atoms in total. The molecular formula is C18H20N2O3. The van der Waals surface area contributed by atoms with Crippen molar-refractivity contribution in [3.8, 4) is 0 Å². The Morgan fingerprint density at radius 3 is 2.74 bits per heavy atom. The molecule has 23 heavy (non-hydrogen) atoms. The lowest BCUT2D eigenvalue weighted by Crippen LogP contribution is -2.51. The van der Waals surface area contributed by atoms with Gasteiger partial charge in [-0.3, -0.25) is 0 Å². The standard InChI is InChI=1S/C18H20N2O3/c1-3-9-18(11-22-12-18)23-17(21)16-10-19-13-20(16)14(2)15-7-5-4-6-8-15/h3-10,13-14H,11-12H2,1-2H3/b9-3+. The van der Waals surface area contributed by atoms with E-state index < -0.39 is 5.60 Å². The first-order chi connectivity index (χ1) is 11.2. The summed E-state index contributed by atoms with van der Waals surface area (Å²) in [5.41, 5.74) is 0.906. The number of imidazole rings is 1. The Labute approximate surface area is 135 Å². The van der Waals surface area contributed by atoms with E-state index in [2.05, 4.69) is 4.98 Å². The number of esters is 1. The first kappa shape index (κ1) is 15.5. The van der Waals surface area contributed by atoms with Crippen molar-refractivity contribution in [1.82, 2.24) is 9.55 Å². The maximum atomic E-state index is 12.6. The lowest BCUT2D eigenvalue weighted by molar-refractivity contribution is -0.152. The number of aromatic nitrogens is 2. The molecule has 1 atom stereocenters. The molecule has 0 amide bonds. The normalized spacial score (nSPS) is 17.7. The Morgan fingerprint density at radius 1 is 1.39 bits per heavy atom. The molecule has 0 spiro atoms. The number of rotatable bonds is 5. The van der Waals surface area contributed by atoms with Crippen molar-refractivity contribution in [3.63, 3.8) is 0 Å². The summed E-state index contributed by atoms with van der Waals surface area (Å²) < 4.78 is 12.7. The maximum absolute atomic E-state index is 12.6. The molecule has 2 heterocycles. The first-order valence-electron chi connectivity index (χ1n) is 7.67. The SMILES string of the molecule is C/C=C/C1(OC(=O)c2cncn2C(C)c2ccccc2)COC1. The second kappa shape index (κ2) is 6.38. The molecule has 1 aliphatic heterocycles. The monoisotopic (exact) mass is 312 g/mol. The van der Waals surface area contributed by atoms with Crippen molar-refractivity contribution in [2.24, 2.45) is 0 Å². The molecule has 0 N–H and O–H groups in total. The zero-order valence-corrected chi connectivity index (χ0v) is 13.3. The summed E-state index contributed by atoms with van der Waals surface area (Å²) in [5, 5.41) is 0. The molecule has 5 heteroatoms. The summed E-state index contributed by atoms with van der Waals surface area (Å²) >= 11 is 0. The minimum atomic E-state index is -0.642. The molecule has 0 saturated carbocycles. The number of ether oxygens (including phenoxy) is 2. The van der Waals surface area contributed by atoms with E-state index in [-0.39, 0.29) is 12.0 Å². The van der Waals surface area contributed by atoms with Crippen LogP contribution in [-0.4, -0.2) is 34.3 Å². The van der Waals surface area contributed by atoms with Gasteiger partial charge in [-0.25, -0.2) is 9.78 Å². The minimum absolute atomic E-state index is 0.00319. The maximum Gasteiger partial charge on any atom is 0.357 e. The fourth-order valence-electron chi connectivity index (χ4n) is 2.70. The largest absolute Gasteiger partial charge is 0.445 e. The van der Waals surface area contributed by atoms with E-state index in [1.807, 2.05) is 60.9 Å². The molecule has 0 bridgehead atoms. The van der Waals surface area contributed by atoms with Gasteiger partial charge in [-0.1, -0.05) is 36.4 Å². The van der Waals surface area contributed by atoms with Crippen LogP contribution in [0.3, 0.4) is 0 Å². The smallest absolute Gasteiger partial charge is 0.357 e. The van der Waals surface area contributed by atoms with Gasteiger partial charge < -0.3 is 14.0 Å². The Kier molecular flexibility index (Phi) is 4.30. The zero-order chi connectivity index (χ0) is 16.3. The van der Waals surface area contributed by atoms with Crippen molar-refractivity contribution < 1.29 is 14.3 Å². The van der Waals surface area contributed by atoms with Gasteiger partial charge in [0.1, 0.15) is 5.69 Å². The van der Waals surface area contributed by atoms with Gasteiger partial charge in [0.15, 0.2) is 5.60 Å². The molecule has 1 saturated heterocycles. The van der Waals surface area contributed by atoms with Crippen LogP contribution in [0.15, 0.2) is 55.0 Å². The predicted molar refractivity (Wildman–Crippen MR) is 86.3 cm³/mol. The van der Waals surface area contributed by atoms with E-state index in [0.717, 1.165) is 5.56 Å². The average Bonchev–Trinajstić information content (AvgIpc) is 3.02. The van der Waals surface area contributed by atoms with Crippen molar-refractivity contribution in [2.75, 3.05) is 13.2 Å². The van der Waals surface area contributed by atoms with E-state index in [4.69, 9.17) is 9.47 Å². The number of hydrogen-bond donors (Lipinski definition) is 0. The number of carbonyl (C=O) groups is 1. The van der Waals surface area contributed by atoms with E-state index in [1.54, 1.807) is 12.5 Å². The summed E-state index contributed by atoms with van der Waals surface area (Å²) in [5.74, 6) is -0.383. The van der Waals surface area contributed by atoms with Crippen molar-refractivity contribution in [1.29, 1.82) is 0 Å². The molecule has 1 aliphatic rings. The lowest BCUT2D eigenvalue weighted by Gasteiger charge is -2.38. The third-order valence-electron chi connectivity index (χ3n) is 4.03. The summed E-state index contributed by atoms with van der Waals surface area (Å²) in [7, 11) is 0. The summed E-state index contributed by atoms with van der Waals surface area (Å²) in [4.78, 5) is 16.7. The van der Waals surface area contributed by atoms with Crippen LogP contribution < -0.4 is 0 Å². The van der Waals surface area contributed by atoms with E-state index in [1.165, 1.54) is 0 Å². The van der Waals surface area contributed by atoms with Crippen LogP contribution in [0.25, 0.3) is 0 Å². The van der Waals surface area contributed by atoms with Gasteiger partial charge in [-0.15, -0.1) is 0 Å². The fraction of sp³-hybridized carbons (Fsp3) is 0.333. The van der Waals surface area contributed by atoms with Gasteiger partial charge in [0.05, 0.1) is 31.8 Å². The number of hydrogen-bond acceptors (Lipinski definition) is 4. The van der Waals surface area contributed by atoms with Crippen LogP contribution in [0.2, 0.25) is 0 Å². The molecule has 0 radical (unpaired) electrons. The fourth-order valence-corrected chi connectivity index (χ4v) is 2.70. The molecule has 3 rings (SSSR count). The molecule has 0 aliphatic carbocycles.